The van der Waals surface area contributed by atoms with E-state index in [-0.39, 0.29) is 54.3 Å². The molecule has 0 spiro atoms. The Morgan fingerprint density at radius 1 is 0.911 bits per heavy atom. The van der Waals surface area contributed by atoms with Crippen LogP contribution in [0.4, 0.5) is 0 Å². The molecular weight excluding hydrogens is 570 g/mol. The van der Waals surface area contributed by atoms with Gasteiger partial charge in [0.15, 0.2) is 0 Å². The smallest absolute Gasteiger partial charge is 0.249 e. The Morgan fingerprint density at radius 2 is 1.51 bits per heavy atom. The van der Waals surface area contributed by atoms with Crippen molar-refractivity contribution in [2.24, 2.45) is 17.3 Å². The molecule has 0 aliphatic carbocycles. The number of likely N-dealkylation sites (tertiary alicyclic amines) is 2. The van der Waals surface area contributed by atoms with Crippen LogP contribution < -0.4 is 10.6 Å². The molecule has 0 aromatic heterocycles. The first-order valence-electron chi connectivity index (χ1n) is 17.1. The molecular formula is C35H63N5O5. The fraction of sp³-hybridized carbons (Fsp3) is 0.829. The number of hydrogen-bond acceptors (Lipinski definition) is 6. The number of aliphatic hydroxyl groups excluding tert-OH is 1. The Bertz CT molecular complexity index is 1050. The summed E-state index contributed by atoms with van der Waals surface area (Å²) in [4.78, 5) is 60.1. The predicted molar refractivity (Wildman–Crippen MR) is 179 cm³/mol. The lowest BCUT2D eigenvalue weighted by Crippen LogP contribution is -2.60. The second-order valence-corrected chi connectivity index (χ2v) is 15.4. The van der Waals surface area contributed by atoms with E-state index in [4.69, 9.17) is 0 Å². The third-order valence-electron chi connectivity index (χ3n) is 9.28. The molecule has 0 aromatic rings. The van der Waals surface area contributed by atoms with Gasteiger partial charge in [-0.15, -0.1) is 0 Å². The molecule has 0 radical (unpaired) electrons. The molecule has 45 heavy (non-hydrogen) atoms. The summed E-state index contributed by atoms with van der Waals surface area (Å²) in [6.45, 7) is 21.1. The van der Waals surface area contributed by atoms with E-state index in [9.17, 15) is 24.3 Å². The second-order valence-electron chi connectivity index (χ2n) is 15.4. The maximum atomic E-state index is 14.1. The minimum absolute atomic E-state index is 0.00758. The molecule has 2 heterocycles. The molecule has 2 rings (SSSR count). The van der Waals surface area contributed by atoms with Gasteiger partial charge >= 0.3 is 0 Å². The second kappa shape index (κ2) is 16.9. The van der Waals surface area contributed by atoms with Gasteiger partial charge in [0, 0.05) is 25.2 Å². The SMILES string of the molecule is C/C(=C\[C@H](C(C)C)N(C)C(=O)[C@@H](NC(=O)[C@H]1CCCCN1C(C)C)C(C)(C)C)C(=O)N1CCC[C@H]1C(=O)NC(CO)CC(C)C. The molecule has 2 saturated heterocycles. The molecule has 0 bridgehead atoms. The van der Waals surface area contributed by atoms with Gasteiger partial charge in [-0.25, -0.2) is 0 Å². The van der Waals surface area contributed by atoms with Crippen LogP contribution in [0.2, 0.25) is 0 Å². The summed E-state index contributed by atoms with van der Waals surface area (Å²) in [5.41, 5.74) is -0.0629. The molecule has 3 N–H and O–H groups in total. The van der Waals surface area contributed by atoms with Crippen LogP contribution in [0.1, 0.15) is 108 Å². The van der Waals surface area contributed by atoms with E-state index in [0.29, 0.717) is 30.9 Å². The summed E-state index contributed by atoms with van der Waals surface area (Å²) in [5.74, 6) is -0.462. The van der Waals surface area contributed by atoms with E-state index >= 15 is 0 Å². The molecule has 1 unspecified atom stereocenters. The predicted octanol–water partition coefficient (Wildman–Crippen LogP) is 3.72. The van der Waals surface area contributed by atoms with E-state index in [1.165, 1.54) is 0 Å². The molecule has 2 fully saturated rings. The zero-order valence-corrected chi connectivity index (χ0v) is 30.0. The monoisotopic (exact) mass is 633 g/mol. The van der Waals surface area contributed by atoms with E-state index in [1.807, 2.05) is 54.5 Å². The average molecular weight is 634 g/mol. The summed E-state index contributed by atoms with van der Waals surface area (Å²) in [7, 11) is 1.74. The number of carbonyl (C=O) groups excluding carboxylic acids is 4. The van der Waals surface area contributed by atoms with Crippen LogP contribution in [0.5, 0.6) is 0 Å². The number of hydrogen-bond donors (Lipinski definition) is 3. The van der Waals surface area contributed by atoms with Crippen LogP contribution in [0.25, 0.3) is 0 Å². The highest BCUT2D eigenvalue weighted by atomic mass is 16.3. The highest BCUT2D eigenvalue weighted by Gasteiger charge is 2.40. The van der Waals surface area contributed by atoms with Crippen molar-refractivity contribution in [2.75, 3.05) is 26.7 Å². The molecule has 4 amide bonds. The van der Waals surface area contributed by atoms with Crippen LogP contribution in [-0.2, 0) is 19.2 Å². The van der Waals surface area contributed by atoms with Crippen LogP contribution in [-0.4, -0.2) is 106 Å². The molecule has 2 aliphatic heterocycles. The maximum Gasteiger partial charge on any atom is 0.249 e. The number of carbonyl (C=O) groups is 4. The third kappa shape index (κ3) is 10.5. The van der Waals surface area contributed by atoms with Crippen LogP contribution in [0, 0.1) is 17.3 Å². The van der Waals surface area contributed by atoms with Crippen molar-refractivity contribution < 1.29 is 24.3 Å². The van der Waals surface area contributed by atoms with Gasteiger partial charge in [-0.1, -0.05) is 61.0 Å². The topological polar surface area (TPSA) is 122 Å². The zero-order chi connectivity index (χ0) is 34.2. The largest absolute Gasteiger partial charge is 0.394 e. The normalized spacial score (nSPS) is 22.0. The summed E-state index contributed by atoms with van der Waals surface area (Å²) in [6.07, 6.45) is 6.61. The molecule has 10 heteroatoms. The number of amides is 4. The van der Waals surface area contributed by atoms with Crippen molar-refractivity contribution in [3.05, 3.63) is 11.6 Å². The van der Waals surface area contributed by atoms with Crippen molar-refractivity contribution in [1.82, 2.24) is 25.3 Å². The fourth-order valence-corrected chi connectivity index (χ4v) is 6.72. The summed E-state index contributed by atoms with van der Waals surface area (Å²) < 4.78 is 0. The van der Waals surface area contributed by atoms with Gasteiger partial charge in [-0.05, 0) is 76.7 Å². The first kappa shape index (κ1) is 38.7. The number of aliphatic hydroxyl groups is 1. The minimum Gasteiger partial charge on any atom is -0.394 e. The van der Waals surface area contributed by atoms with Crippen LogP contribution in [0.15, 0.2) is 11.6 Å². The van der Waals surface area contributed by atoms with Crippen LogP contribution >= 0.6 is 0 Å². The number of nitrogens with one attached hydrogen (secondary N) is 2. The van der Waals surface area contributed by atoms with E-state index < -0.39 is 23.5 Å². The Hall–Kier alpha value is -2.46. The number of piperidine rings is 1. The van der Waals surface area contributed by atoms with E-state index in [2.05, 4.69) is 29.4 Å². The first-order chi connectivity index (χ1) is 20.9. The molecule has 2 aliphatic rings. The zero-order valence-electron chi connectivity index (χ0n) is 30.0. The van der Waals surface area contributed by atoms with Gasteiger partial charge in [0.2, 0.25) is 23.6 Å². The van der Waals surface area contributed by atoms with Gasteiger partial charge in [0.25, 0.3) is 0 Å². The Labute approximate surface area is 272 Å². The standard InChI is InChI=1S/C35H63N5O5/c1-22(2)19-26(21-41)36-31(42)28-16-14-18-40(28)33(44)25(7)20-29(23(3)4)38(11)34(45)30(35(8,9)10)37-32(43)27-15-12-13-17-39(27)24(5)6/h20,22-24,26-30,41H,12-19,21H2,1-11H3,(H,36,42)(H,37,43)/b25-20+/t26?,27-,28+,29-,30-/m1/s1. The quantitative estimate of drug-likeness (QED) is 0.266. The van der Waals surface area contributed by atoms with Crippen molar-refractivity contribution >= 4 is 23.6 Å². The Kier molecular flexibility index (Phi) is 14.6. The molecule has 5 atom stereocenters. The van der Waals surface area contributed by atoms with Gasteiger partial charge in [0.1, 0.15) is 12.1 Å². The van der Waals surface area contributed by atoms with Gasteiger partial charge in [-0.3, -0.25) is 24.1 Å². The van der Waals surface area contributed by atoms with Gasteiger partial charge < -0.3 is 25.5 Å². The minimum atomic E-state index is -0.742. The highest BCUT2D eigenvalue weighted by molar-refractivity contribution is 5.97. The lowest BCUT2D eigenvalue weighted by atomic mass is 9.84. The summed E-state index contributed by atoms with van der Waals surface area (Å²) in [5, 5.41) is 15.8. The summed E-state index contributed by atoms with van der Waals surface area (Å²) >= 11 is 0. The van der Waals surface area contributed by atoms with Crippen LogP contribution in [0.3, 0.4) is 0 Å². The number of likely N-dealkylation sites (N-methyl/N-ethyl adjacent to an activating group) is 1. The average Bonchev–Trinajstić information content (AvgIpc) is 3.46. The lowest BCUT2D eigenvalue weighted by molar-refractivity contribution is -0.142. The molecule has 258 valence electrons. The number of rotatable bonds is 13. The molecule has 0 saturated carbocycles. The number of nitrogens with zero attached hydrogens (tertiary/aromatic N) is 3. The summed E-state index contributed by atoms with van der Waals surface area (Å²) in [6, 6.07) is -2.10. The lowest BCUT2D eigenvalue weighted by Gasteiger charge is -2.41. The Morgan fingerprint density at radius 3 is 2.04 bits per heavy atom. The first-order valence-corrected chi connectivity index (χ1v) is 17.1. The fourth-order valence-electron chi connectivity index (χ4n) is 6.72. The van der Waals surface area contributed by atoms with Crippen molar-refractivity contribution in [3.8, 4) is 0 Å². The highest BCUT2D eigenvalue weighted by Crippen LogP contribution is 2.27. The van der Waals surface area contributed by atoms with Crippen molar-refractivity contribution in [2.45, 2.75) is 144 Å². The maximum absolute atomic E-state index is 14.1. The van der Waals surface area contributed by atoms with Gasteiger partial charge in [-0.2, -0.15) is 0 Å². The van der Waals surface area contributed by atoms with E-state index in [1.54, 1.807) is 23.8 Å². The van der Waals surface area contributed by atoms with Crippen molar-refractivity contribution in [1.29, 1.82) is 0 Å². The van der Waals surface area contributed by atoms with E-state index in [0.717, 1.165) is 32.2 Å². The van der Waals surface area contributed by atoms with Crippen molar-refractivity contribution in [3.63, 3.8) is 0 Å². The molecule has 0 aromatic carbocycles. The molecule has 10 nitrogen and oxygen atoms in total. The van der Waals surface area contributed by atoms with Gasteiger partial charge in [0.05, 0.1) is 24.7 Å². The Balaban J connectivity index is 2.25. The third-order valence-corrected chi connectivity index (χ3v) is 9.28.